The SMILES string of the molecule is COc1nc(NN)nc(Oc2cc(Cl)ccc2Cl)n1. The van der Waals surface area contributed by atoms with Crippen LogP contribution in [0.15, 0.2) is 18.2 Å². The van der Waals surface area contributed by atoms with Crippen LogP contribution in [0.1, 0.15) is 0 Å². The summed E-state index contributed by atoms with van der Waals surface area (Å²) < 4.78 is 10.3. The van der Waals surface area contributed by atoms with Crippen molar-refractivity contribution >= 4 is 29.2 Å². The summed E-state index contributed by atoms with van der Waals surface area (Å²) >= 11 is 11.8. The molecule has 0 fully saturated rings. The largest absolute Gasteiger partial charge is 0.467 e. The summed E-state index contributed by atoms with van der Waals surface area (Å²) in [6, 6.07) is 4.80. The second kappa shape index (κ2) is 5.87. The number of nitrogens with zero attached hydrogens (tertiary/aromatic N) is 3. The van der Waals surface area contributed by atoms with Gasteiger partial charge in [0.25, 0.3) is 0 Å². The number of methoxy groups -OCH3 is 1. The topological polar surface area (TPSA) is 95.2 Å². The number of aromatic nitrogens is 3. The lowest BCUT2D eigenvalue weighted by Gasteiger charge is -2.08. The third-order valence-electron chi connectivity index (χ3n) is 2.00. The first-order valence-corrected chi connectivity index (χ1v) is 5.77. The van der Waals surface area contributed by atoms with Crippen molar-refractivity contribution in [3.05, 3.63) is 28.2 Å². The zero-order valence-corrected chi connectivity index (χ0v) is 11.2. The molecule has 0 saturated heterocycles. The van der Waals surface area contributed by atoms with Gasteiger partial charge in [-0.1, -0.05) is 23.2 Å². The van der Waals surface area contributed by atoms with E-state index >= 15 is 0 Å². The number of ether oxygens (including phenoxy) is 2. The van der Waals surface area contributed by atoms with Gasteiger partial charge in [0.15, 0.2) is 5.75 Å². The molecule has 0 aliphatic heterocycles. The summed E-state index contributed by atoms with van der Waals surface area (Å²) in [5, 5.41) is 0.837. The van der Waals surface area contributed by atoms with Crippen molar-refractivity contribution in [2.75, 3.05) is 12.5 Å². The summed E-state index contributed by atoms with van der Waals surface area (Å²) in [6.45, 7) is 0. The van der Waals surface area contributed by atoms with Crippen molar-refractivity contribution in [2.24, 2.45) is 5.84 Å². The highest BCUT2D eigenvalue weighted by Gasteiger charge is 2.10. The van der Waals surface area contributed by atoms with Crippen LogP contribution in [0.2, 0.25) is 10.0 Å². The van der Waals surface area contributed by atoms with Gasteiger partial charge in [-0.2, -0.15) is 9.97 Å². The second-order valence-electron chi connectivity index (χ2n) is 3.25. The van der Waals surface area contributed by atoms with Crippen LogP contribution in [0.4, 0.5) is 5.95 Å². The predicted molar refractivity (Wildman–Crippen MR) is 70.7 cm³/mol. The highest BCUT2D eigenvalue weighted by molar-refractivity contribution is 6.34. The van der Waals surface area contributed by atoms with Crippen molar-refractivity contribution in [2.45, 2.75) is 0 Å². The number of anilines is 1. The maximum absolute atomic E-state index is 5.97. The van der Waals surface area contributed by atoms with Crippen LogP contribution in [-0.4, -0.2) is 22.1 Å². The average molecular weight is 302 g/mol. The number of rotatable bonds is 4. The normalized spacial score (nSPS) is 10.1. The lowest BCUT2D eigenvalue weighted by molar-refractivity contribution is 0.360. The van der Waals surface area contributed by atoms with Gasteiger partial charge in [0.05, 0.1) is 12.1 Å². The number of benzene rings is 1. The Morgan fingerprint density at radius 2 is 1.89 bits per heavy atom. The van der Waals surface area contributed by atoms with Crippen molar-refractivity contribution in [3.8, 4) is 17.8 Å². The number of hydrazine groups is 1. The molecule has 0 unspecified atom stereocenters. The molecule has 19 heavy (non-hydrogen) atoms. The zero-order valence-electron chi connectivity index (χ0n) is 9.72. The van der Waals surface area contributed by atoms with Crippen molar-refractivity contribution < 1.29 is 9.47 Å². The van der Waals surface area contributed by atoms with Gasteiger partial charge in [0.2, 0.25) is 5.95 Å². The van der Waals surface area contributed by atoms with Crippen LogP contribution in [-0.2, 0) is 0 Å². The van der Waals surface area contributed by atoms with Gasteiger partial charge in [0.1, 0.15) is 0 Å². The zero-order chi connectivity index (χ0) is 13.8. The Labute approximate surface area is 118 Å². The van der Waals surface area contributed by atoms with E-state index in [0.717, 1.165) is 0 Å². The van der Waals surface area contributed by atoms with Gasteiger partial charge in [-0.25, -0.2) is 5.84 Å². The molecule has 2 aromatic rings. The summed E-state index contributed by atoms with van der Waals surface area (Å²) in [4.78, 5) is 11.6. The van der Waals surface area contributed by atoms with E-state index in [-0.39, 0.29) is 18.0 Å². The standard InChI is InChI=1S/C10H9Cl2N5O2/c1-18-9-14-8(17-13)15-10(16-9)19-7-4-5(11)2-3-6(7)12/h2-4H,13H2,1H3,(H,14,15,16,17). The van der Waals surface area contributed by atoms with Gasteiger partial charge in [-0.05, 0) is 12.1 Å². The lowest BCUT2D eigenvalue weighted by Crippen LogP contribution is -2.12. The molecule has 0 atom stereocenters. The maximum Gasteiger partial charge on any atom is 0.330 e. The van der Waals surface area contributed by atoms with Crippen LogP contribution in [0.5, 0.6) is 17.8 Å². The summed E-state index contributed by atoms with van der Waals surface area (Å²) in [5.74, 6) is 5.64. The van der Waals surface area contributed by atoms with Gasteiger partial charge in [-0.3, -0.25) is 5.43 Å². The monoisotopic (exact) mass is 301 g/mol. The molecule has 3 N–H and O–H groups in total. The smallest absolute Gasteiger partial charge is 0.330 e. The Hall–Kier alpha value is -1.83. The molecule has 7 nitrogen and oxygen atoms in total. The molecule has 0 amide bonds. The third kappa shape index (κ3) is 3.34. The summed E-state index contributed by atoms with van der Waals surface area (Å²) in [6.07, 6.45) is 0. The van der Waals surface area contributed by atoms with Gasteiger partial charge in [-0.15, -0.1) is 4.98 Å². The fourth-order valence-electron chi connectivity index (χ4n) is 1.19. The Morgan fingerprint density at radius 1 is 1.16 bits per heavy atom. The average Bonchev–Trinajstić information content (AvgIpc) is 2.42. The maximum atomic E-state index is 5.97. The Kier molecular flexibility index (Phi) is 4.20. The molecule has 0 aliphatic carbocycles. The second-order valence-corrected chi connectivity index (χ2v) is 4.09. The van der Waals surface area contributed by atoms with Gasteiger partial charge < -0.3 is 9.47 Å². The van der Waals surface area contributed by atoms with Gasteiger partial charge in [0, 0.05) is 11.1 Å². The number of nitrogen functional groups attached to an aromatic ring is 1. The van der Waals surface area contributed by atoms with Crippen LogP contribution in [0, 0.1) is 0 Å². The summed E-state index contributed by atoms with van der Waals surface area (Å²) in [7, 11) is 1.41. The minimum Gasteiger partial charge on any atom is -0.467 e. The third-order valence-corrected chi connectivity index (χ3v) is 2.55. The van der Waals surface area contributed by atoms with E-state index < -0.39 is 0 Å². The van der Waals surface area contributed by atoms with Crippen molar-refractivity contribution in [3.63, 3.8) is 0 Å². The molecule has 0 aliphatic rings. The Morgan fingerprint density at radius 3 is 2.58 bits per heavy atom. The Balaban J connectivity index is 2.34. The predicted octanol–water partition coefficient (Wildman–Crippen LogP) is 2.26. The molecule has 1 aromatic carbocycles. The highest BCUT2D eigenvalue weighted by Crippen LogP contribution is 2.31. The number of nitrogens with two attached hydrogens (primary N) is 1. The van der Waals surface area contributed by atoms with Gasteiger partial charge >= 0.3 is 12.0 Å². The molecule has 0 spiro atoms. The fourth-order valence-corrected chi connectivity index (χ4v) is 1.51. The molecule has 1 heterocycles. The molecule has 0 radical (unpaired) electrons. The highest BCUT2D eigenvalue weighted by atomic mass is 35.5. The van der Waals surface area contributed by atoms with E-state index in [9.17, 15) is 0 Å². The fraction of sp³-hybridized carbons (Fsp3) is 0.100. The van der Waals surface area contributed by atoms with E-state index in [1.54, 1.807) is 12.1 Å². The van der Waals surface area contributed by atoms with Crippen LogP contribution >= 0.6 is 23.2 Å². The van der Waals surface area contributed by atoms with Crippen LogP contribution in [0.3, 0.4) is 0 Å². The minimum atomic E-state index is -0.0241. The van der Waals surface area contributed by atoms with Crippen LogP contribution in [0.25, 0.3) is 0 Å². The molecule has 1 aromatic heterocycles. The van der Waals surface area contributed by atoms with E-state index in [4.69, 9.17) is 38.5 Å². The molecular formula is C10H9Cl2N5O2. The first-order chi connectivity index (χ1) is 9.12. The quantitative estimate of drug-likeness (QED) is 0.660. The van der Waals surface area contributed by atoms with E-state index in [2.05, 4.69) is 20.4 Å². The van der Waals surface area contributed by atoms with Crippen LogP contribution < -0.4 is 20.7 Å². The summed E-state index contributed by atoms with van der Waals surface area (Å²) in [5.41, 5.74) is 2.27. The molecule has 0 saturated carbocycles. The van der Waals surface area contributed by atoms with Crippen molar-refractivity contribution in [1.82, 2.24) is 15.0 Å². The Bertz CT molecular complexity index is 574. The van der Waals surface area contributed by atoms with Crippen molar-refractivity contribution in [1.29, 1.82) is 0 Å². The minimum absolute atomic E-state index is 0.0241. The molecule has 0 bridgehead atoms. The molecule has 100 valence electrons. The van der Waals surface area contributed by atoms with E-state index in [0.29, 0.717) is 15.8 Å². The molecule has 9 heteroatoms. The number of halogens is 2. The molecular weight excluding hydrogens is 293 g/mol. The molecule has 2 rings (SSSR count). The van der Waals surface area contributed by atoms with E-state index in [1.165, 1.54) is 13.2 Å². The first-order valence-electron chi connectivity index (χ1n) is 5.02. The lowest BCUT2D eigenvalue weighted by atomic mass is 10.3. The first kappa shape index (κ1) is 13.6. The number of nitrogens with one attached hydrogen (secondary N) is 1. The number of hydrogen-bond donors (Lipinski definition) is 2. The van der Waals surface area contributed by atoms with E-state index in [1.807, 2.05) is 0 Å². The number of hydrogen-bond acceptors (Lipinski definition) is 7.